The molecule has 0 fully saturated rings. The number of H-pyrrole nitrogens is 1. The van der Waals surface area contributed by atoms with Crippen LogP contribution >= 0.6 is 11.6 Å². The quantitative estimate of drug-likeness (QED) is 0.716. The number of nitrogens with zero attached hydrogens (tertiary/aromatic N) is 3. The third-order valence-corrected chi connectivity index (χ3v) is 3.74. The maximum absolute atomic E-state index is 12.1. The first kappa shape index (κ1) is 12.3. The molecule has 0 aliphatic heterocycles. The fourth-order valence-corrected chi connectivity index (χ4v) is 2.72. The summed E-state index contributed by atoms with van der Waals surface area (Å²) in [5, 5.41) is 6.47. The van der Waals surface area contributed by atoms with Crippen molar-refractivity contribution in [1.82, 2.24) is 19.6 Å². The molecule has 0 unspecified atom stereocenters. The van der Waals surface area contributed by atoms with Gasteiger partial charge in [-0.3, -0.25) is 9.78 Å². The van der Waals surface area contributed by atoms with Crippen molar-refractivity contribution in [2.24, 2.45) is 0 Å². The lowest BCUT2D eigenvalue weighted by Crippen LogP contribution is -2.28. The Morgan fingerprint density at radius 1 is 1.38 bits per heavy atom. The van der Waals surface area contributed by atoms with Crippen molar-refractivity contribution >= 4 is 29.5 Å². The van der Waals surface area contributed by atoms with Gasteiger partial charge in [0.05, 0.1) is 11.0 Å². The summed E-state index contributed by atoms with van der Waals surface area (Å²) in [5.74, 6) is 0.463. The van der Waals surface area contributed by atoms with Crippen LogP contribution in [0.25, 0.3) is 17.9 Å². The highest BCUT2D eigenvalue weighted by atomic mass is 35.5. The number of aromatic nitrogens is 4. The van der Waals surface area contributed by atoms with E-state index >= 15 is 0 Å². The first-order chi connectivity index (χ1) is 10.2. The van der Waals surface area contributed by atoms with Gasteiger partial charge in [0.2, 0.25) is 5.78 Å². The molecule has 0 radical (unpaired) electrons. The van der Waals surface area contributed by atoms with E-state index in [0.717, 1.165) is 29.4 Å². The average molecular weight is 299 g/mol. The van der Waals surface area contributed by atoms with Crippen LogP contribution < -0.4 is 16.3 Å². The molecule has 0 saturated heterocycles. The summed E-state index contributed by atoms with van der Waals surface area (Å²) < 4.78 is 1.57. The van der Waals surface area contributed by atoms with Gasteiger partial charge in [-0.25, -0.2) is 4.98 Å². The molecule has 2 aromatic heterocycles. The van der Waals surface area contributed by atoms with Crippen molar-refractivity contribution in [2.45, 2.75) is 12.8 Å². The van der Waals surface area contributed by atoms with Crippen molar-refractivity contribution in [2.75, 3.05) is 0 Å². The van der Waals surface area contributed by atoms with E-state index in [2.05, 4.69) is 15.1 Å². The summed E-state index contributed by atoms with van der Waals surface area (Å²) in [4.78, 5) is 19.3. The van der Waals surface area contributed by atoms with Crippen molar-refractivity contribution in [3.05, 3.63) is 61.6 Å². The number of benzene rings is 1. The molecule has 0 amide bonds. The van der Waals surface area contributed by atoms with Gasteiger partial charge < -0.3 is 0 Å². The van der Waals surface area contributed by atoms with Gasteiger partial charge >= 0.3 is 0 Å². The second-order valence-electron chi connectivity index (χ2n) is 4.96. The Morgan fingerprint density at radius 3 is 3.14 bits per heavy atom. The molecular formula is C15H11ClN4O. The monoisotopic (exact) mass is 298 g/mol. The van der Waals surface area contributed by atoms with Crippen molar-refractivity contribution < 1.29 is 0 Å². The van der Waals surface area contributed by atoms with Crippen molar-refractivity contribution in [1.29, 1.82) is 0 Å². The zero-order valence-corrected chi connectivity index (χ0v) is 11.8. The Labute approximate surface area is 124 Å². The standard InChI is InChI=1S/C15H11ClN4O/c16-10-4-1-3-9(7-10)8-13-14(21)18-15-17-11-5-2-6-12(11)19-20(13)15/h1,3-5,7-8H,2,6H2,(H,17,18,21)/b13-8+. The van der Waals surface area contributed by atoms with Crippen LogP contribution in [0.2, 0.25) is 5.02 Å². The number of halogens is 1. The molecule has 0 atom stereocenters. The molecule has 0 spiro atoms. The average Bonchev–Trinajstić information content (AvgIpc) is 3.01. The molecule has 5 nitrogen and oxygen atoms in total. The molecule has 4 rings (SSSR count). The number of hydrogen-bond donors (Lipinski definition) is 1. The molecule has 0 saturated carbocycles. The lowest BCUT2D eigenvalue weighted by molar-refractivity contribution is 0.808. The van der Waals surface area contributed by atoms with Crippen LogP contribution in [0.5, 0.6) is 0 Å². The predicted octanol–water partition coefficient (Wildman–Crippen LogP) is 0.626. The molecule has 6 heteroatoms. The van der Waals surface area contributed by atoms with E-state index in [4.69, 9.17) is 11.6 Å². The second-order valence-corrected chi connectivity index (χ2v) is 5.40. The normalized spacial score (nSPS) is 14.4. The molecule has 1 N–H and O–H groups in total. The largest absolute Gasteiger partial charge is 0.289 e. The maximum atomic E-state index is 12.1. The van der Waals surface area contributed by atoms with Crippen LogP contribution in [-0.2, 0) is 6.42 Å². The summed E-state index contributed by atoms with van der Waals surface area (Å²) >= 11 is 5.97. The van der Waals surface area contributed by atoms with E-state index in [1.54, 1.807) is 22.7 Å². The summed E-state index contributed by atoms with van der Waals surface area (Å²) in [7, 11) is 0. The number of aryl methyl sites for hydroxylation is 1. The number of nitrogens with one attached hydrogen (secondary N) is 1. The highest BCUT2D eigenvalue weighted by molar-refractivity contribution is 6.30. The van der Waals surface area contributed by atoms with Gasteiger partial charge in [0.25, 0.3) is 5.56 Å². The van der Waals surface area contributed by atoms with E-state index in [-0.39, 0.29) is 5.56 Å². The number of aromatic amines is 1. The van der Waals surface area contributed by atoms with Gasteiger partial charge in [-0.1, -0.05) is 29.8 Å². The number of hydrogen-bond acceptors (Lipinski definition) is 3. The van der Waals surface area contributed by atoms with Crippen LogP contribution in [0.3, 0.4) is 0 Å². The minimum absolute atomic E-state index is 0.210. The van der Waals surface area contributed by atoms with Crippen LogP contribution in [-0.4, -0.2) is 19.6 Å². The van der Waals surface area contributed by atoms with E-state index in [9.17, 15) is 4.79 Å². The van der Waals surface area contributed by atoms with Crippen molar-refractivity contribution in [3.63, 3.8) is 0 Å². The third kappa shape index (κ3) is 2.06. The van der Waals surface area contributed by atoms with E-state index in [1.165, 1.54) is 0 Å². The SMILES string of the molecule is O=c1[nH]c2nc3c(nn2/c1=C/c1cccc(Cl)c1)CCC=3. The van der Waals surface area contributed by atoms with Gasteiger partial charge in [-0.15, -0.1) is 0 Å². The van der Waals surface area contributed by atoms with Gasteiger partial charge in [-0.2, -0.15) is 9.61 Å². The molecule has 1 aliphatic carbocycles. The predicted molar refractivity (Wildman–Crippen MR) is 80.7 cm³/mol. The number of rotatable bonds is 1. The molecule has 0 bridgehead atoms. The van der Waals surface area contributed by atoms with E-state index in [0.29, 0.717) is 16.1 Å². The molecule has 21 heavy (non-hydrogen) atoms. The smallest absolute Gasteiger partial charge is 0.276 e. The Morgan fingerprint density at radius 2 is 2.29 bits per heavy atom. The zero-order valence-electron chi connectivity index (χ0n) is 11.0. The van der Waals surface area contributed by atoms with E-state index < -0.39 is 0 Å². The van der Waals surface area contributed by atoms with Crippen LogP contribution in [0.4, 0.5) is 0 Å². The topological polar surface area (TPSA) is 63.0 Å². The lowest BCUT2D eigenvalue weighted by Gasteiger charge is -1.97. The minimum Gasteiger partial charge on any atom is -0.289 e. The van der Waals surface area contributed by atoms with Crippen LogP contribution in [0.1, 0.15) is 17.7 Å². The van der Waals surface area contributed by atoms with Crippen LogP contribution in [0.15, 0.2) is 29.1 Å². The van der Waals surface area contributed by atoms with Gasteiger partial charge in [0.1, 0.15) is 5.35 Å². The zero-order chi connectivity index (χ0) is 14.4. The number of imidazole rings is 1. The fraction of sp³-hybridized carbons (Fsp3) is 0.133. The van der Waals surface area contributed by atoms with Crippen molar-refractivity contribution in [3.8, 4) is 0 Å². The first-order valence-corrected chi connectivity index (χ1v) is 7.04. The Bertz CT molecular complexity index is 1030. The van der Waals surface area contributed by atoms with E-state index in [1.807, 2.05) is 18.2 Å². The summed E-state index contributed by atoms with van der Waals surface area (Å²) in [6.07, 6.45) is 5.60. The Kier molecular flexibility index (Phi) is 2.68. The van der Waals surface area contributed by atoms with Gasteiger partial charge in [0.15, 0.2) is 0 Å². The fourth-order valence-electron chi connectivity index (χ4n) is 2.52. The number of fused-ring (bicyclic) bond motifs is 2. The highest BCUT2D eigenvalue weighted by Gasteiger charge is 2.10. The first-order valence-electron chi connectivity index (χ1n) is 6.66. The molecule has 1 aliphatic rings. The minimum atomic E-state index is -0.210. The molecule has 2 heterocycles. The summed E-state index contributed by atoms with van der Waals surface area (Å²) in [6, 6.07) is 7.33. The maximum Gasteiger partial charge on any atom is 0.276 e. The summed E-state index contributed by atoms with van der Waals surface area (Å²) in [6.45, 7) is 0. The Balaban J connectivity index is 2.03. The molecule has 3 aromatic rings. The van der Waals surface area contributed by atoms with Crippen LogP contribution in [0, 0.1) is 0 Å². The molecular weight excluding hydrogens is 288 g/mol. The highest BCUT2D eigenvalue weighted by Crippen LogP contribution is 2.10. The second kappa shape index (κ2) is 4.56. The van der Waals surface area contributed by atoms with Gasteiger partial charge in [-0.05, 0) is 36.6 Å². The third-order valence-electron chi connectivity index (χ3n) is 3.50. The molecule has 1 aromatic carbocycles. The van der Waals surface area contributed by atoms with Gasteiger partial charge in [0, 0.05) is 5.02 Å². The summed E-state index contributed by atoms with van der Waals surface area (Å²) in [5.41, 5.74) is 1.56. The molecule has 104 valence electrons. The Hall–Kier alpha value is -2.40. The lowest BCUT2D eigenvalue weighted by atomic mass is 10.2.